The van der Waals surface area contributed by atoms with Crippen LogP contribution in [-0.2, 0) is 11.2 Å². The largest absolute Gasteiger partial charge is 0.383 e. The second-order valence-electron chi connectivity index (χ2n) is 4.45. The summed E-state index contributed by atoms with van der Waals surface area (Å²) in [4.78, 5) is 0. The Balaban J connectivity index is 1.88. The van der Waals surface area contributed by atoms with Crippen molar-refractivity contribution in [1.82, 2.24) is 15.5 Å². The summed E-state index contributed by atoms with van der Waals surface area (Å²) in [5.41, 5.74) is 0.596. The van der Waals surface area contributed by atoms with Gasteiger partial charge in [-0.3, -0.25) is 0 Å². The zero-order valence-electron chi connectivity index (χ0n) is 11.7. The number of rotatable bonds is 8. The number of methoxy groups -OCH3 is 1. The van der Waals surface area contributed by atoms with E-state index in [1.807, 2.05) is 0 Å². The van der Waals surface area contributed by atoms with Gasteiger partial charge in [0.2, 0.25) is 0 Å². The van der Waals surface area contributed by atoms with Crippen LogP contribution in [0.5, 0.6) is 0 Å². The van der Waals surface area contributed by atoms with Gasteiger partial charge in [-0.15, -0.1) is 10.2 Å². The smallest absolute Gasteiger partial charge is 0.149 e. The third-order valence-electron chi connectivity index (χ3n) is 2.88. The van der Waals surface area contributed by atoms with Crippen LogP contribution in [0.25, 0.3) is 10.6 Å². The molecule has 0 aliphatic heterocycles. The van der Waals surface area contributed by atoms with Gasteiger partial charge in [0, 0.05) is 25.6 Å². The van der Waals surface area contributed by atoms with Gasteiger partial charge in [0.05, 0.1) is 11.6 Å². The number of ether oxygens (including phenoxy) is 1. The first-order chi connectivity index (χ1) is 10.2. The van der Waals surface area contributed by atoms with Crippen molar-refractivity contribution in [3.05, 3.63) is 34.0 Å². The number of aryl methyl sites for hydroxylation is 1. The lowest BCUT2D eigenvalue weighted by Crippen LogP contribution is -2.20. The number of nitrogens with zero attached hydrogens (tertiary/aromatic N) is 2. The van der Waals surface area contributed by atoms with Crippen LogP contribution in [0.1, 0.15) is 11.4 Å². The maximum Gasteiger partial charge on any atom is 0.149 e. The van der Waals surface area contributed by atoms with Crippen molar-refractivity contribution in [2.75, 3.05) is 26.8 Å². The van der Waals surface area contributed by atoms with Gasteiger partial charge in [-0.05, 0) is 19.0 Å². The number of benzene rings is 1. The zero-order chi connectivity index (χ0) is 15.1. The van der Waals surface area contributed by atoms with Gasteiger partial charge < -0.3 is 10.1 Å². The molecule has 0 amide bonds. The van der Waals surface area contributed by atoms with E-state index in [9.17, 15) is 4.39 Å². The van der Waals surface area contributed by atoms with Crippen molar-refractivity contribution in [2.45, 2.75) is 12.8 Å². The van der Waals surface area contributed by atoms with E-state index in [4.69, 9.17) is 16.3 Å². The first-order valence-corrected chi connectivity index (χ1v) is 7.88. The molecule has 114 valence electrons. The van der Waals surface area contributed by atoms with E-state index in [-0.39, 0.29) is 5.02 Å². The predicted molar refractivity (Wildman–Crippen MR) is 83.4 cm³/mol. The zero-order valence-corrected chi connectivity index (χ0v) is 13.3. The number of aromatic nitrogens is 2. The van der Waals surface area contributed by atoms with E-state index in [1.54, 1.807) is 19.2 Å². The molecular weight excluding hydrogens is 313 g/mol. The Morgan fingerprint density at radius 3 is 3.00 bits per heavy atom. The summed E-state index contributed by atoms with van der Waals surface area (Å²) in [6, 6.07) is 4.71. The summed E-state index contributed by atoms with van der Waals surface area (Å²) >= 11 is 7.41. The van der Waals surface area contributed by atoms with Crippen molar-refractivity contribution in [1.29, 1.82) is 0 Å². The number of halogens is 2. The van der Waals surface area contributed by atoms with Crippen LogP contribution in [-0.4, -0.2) is 37.0 Å². The van der Waals surface area contributed by atoms with Gasteiger partial charge in [-0.2, -0.15) is 0 Å². The third-order valence-corrected chi connectivity index (χ3v) is 4.28. The van der Waals surface area contributed by atoms with E-state index < -0.39 is 5.82 Å². The topological polar surface area (TPSA) is 47.0 Å². The Kier molecular flexibility index (Phi) is 6.50. The standard InChI is InChI=1S/C14H17ClFN3OS/c1-20-9-8-17-7-3-6-12-18-19-14(21-12)10-4-2-5-11(16)13(10)15/h2,4-5,17H,3,6-9H2,1H3. The molecule has 21 heavy (non-hydrogen) atoms. The fourth-order valence-corrected chi connectivity index (χ4v) is 2.98. The molecule has 0 spiro atoms. The monoisotopic (exact) mass is 329 g/mol. The first-order valence-electron chi connectivity index (χ1n) is 6.69. The molecule has 2 aromatic rings. The minimum atomic E-state index is -0.437. The molecule has 0 unspecified atom stereocenters. The minimum Gasteiger partial charge on any atom is -0.383 e. The van der Waals surface area contributed by atoms with Crippen molar-refractivity contribution < 1.29 is 9.13 Å². The highest BCUT2D eigenvalue weighted by molar-refractivity contribution is 7.14. The molecule has 0 bridgehead atoms. The fourth-order valence-electron chi connectivity index (χ4n) is 1.80. The first kappa shape index (κ1) is 16.3. The van der Waals surface area contributed by atoms with Gasteiger partial charge >= 0.3 is 0 Å². The summed E-state index contributed by atoms with van der Waals surface area (Å²) in [6.45, 7) is 2.46. The molecule has 0 aliphatic carbocycles. The van der Waals surface area contributed by atoms with Crippen LogP contribution >= 0.6 is 22.9 Å². The van der Waals surface area contributed by atoms with Gasteiger partial charge in [0.15, 0.2) is 0 Å². The summed E-state index contributed by atoms with van der Waals surface area (Å²) in [5.74, 6) is -0.437. The van der Waals surface area contributed by atoms with Crippen molar-refractivity contribution in [3.8, 4) is 10.6 Å². The van der Waals surface area contributed by atoms with Gasteiger partial charge in [-0.25, -0.2) is 4.39 Å². The predicted octanol–water partition coefficient (Wildman–Crippen LogP) is 3.17. The lowest BCUT2D eigenvalue weighted by atomic mass is 10.2. The Morgan fingerprint density at radius 2 is 2.19 bits per heavy atom. The number of hydrogen-bond acceptors (Lipinski definition) is 5. The van der Waals surface area contributed by atoms with Crippen molar-refractivity contribution >= 4 is 22.9 Å². The van der Waals surface area contributed by atoms with E-state index in [0.717, 1.165) is 30.9 Å². The molecule has 2 rings (SSSR count). The average Bonchev–Trinajstić information content (AvgIpc) is 2.94. The normalized spacial score (nSPS) is 11.0. The second-order valence-corrected chi connectivity index (χ2v) is 5.89. The highest BCUT2D eigenvalue weighted by atomic mass is 35.5. The maximum absolute atomic E-state index is 13.4. The van der Waals surface area contributed by atoms with E-state index in [1.165, 1.54) is 17.4 Å². The van der Waals surface area contributed by atoms with Gasteiger partial charge in [0.25, 0.3) is 0 Å². The SMILES string of the molecule is COCCNCCCc1nnc(-c2cccc(F)c2Cl)s1. The lowest BCUT2D eigenvalue weighted by molar-refractivity contribution is 0.199. The number of nitrogens with one attached hydrogen (secondary N) is 1. The van der Waals surface area contributed by atoms with Crippen LogP contribution in [0.3, 0.4) is 0 Å². The maximum atomic E-state index is 13.4. The molecule has 1 heterocycles. The quantitative estimate of drug-likeness (QED) is 0.756. The Labute approximate surface area is 132 Å². The Hall–Kier alpha value is -1.08. The molecule has 0 radical (unpaired) electrons. The van der Waals surface area contributed by atoms with Crippen LogP contribution < -0.4 is 5.32 Å². The molecular formula is C14H17ClFN3OS. The van der Waals surface area contributed by atoms with Crippen LogP contribution in [0.2, 0.25) is 5.02 Å². The molecule has 1 N–H and O–H groups in total. The summed E-state index contributed by atoms with van der Waals surface area (Å²) in [6.07, 6.45) is 1.81. The van der Waals surface area contributed by atoms with E-state index >= 15 is 0 Å². The molecule has 0 atom stereocenters. The van der Waals surface area contributed by atoms with Gasteiger partial charge in [-0.1, -0.05) is 35.1 Å². The van der Waals surface area contributed by atoms with Gasteiger partial charge in [0.1, 0.15) is 15.8 Å². The molecule has 1 aromatic heterocycles. The average molecular weight is 330 g/mol. The highest BCUT2D eigenvalue weighted by Crippen LogP contribution is 2.31. The minimum absolute atomic E-state index is 0.0985. The van der Waals surface area contributed by atoms with E-state index in [0.29, 0.717) is 17.2 Å². The third kappa shape index (κ3) is 4.71. The van der Waals surface area contributed by atoms with Crippen molar-refractivity contribution in [3.63, 3.8) is 0 Å². The molecule has 0 aliphatic rings. The second kappa shape index (κ2) is 8.38. The number of hydrogen-bond donors (Lipinski definition) is 1. The highest BCUT2D eigenvalue weighted by Gasteiger charge is 2.12. The Morgan fingerprint density at radius 1 is 1.33 bits per heavy atom. The summed E-state index contributed by atoms with van der Waals surface area (Å²) in [5, 5.41) is 13.2. The molecule has 1 aromatic carbocycles. The molecule has 0 saturated carbocycles. The lowest BCUT2D eigenvalue weighted by Gasteiger charge is -2.02. The van der Waals surface area contributed by atoms with E-state index in [2.05, 4.69) is 15.5 Å². The van der Waals surface area contributed by atoms with Crippen LogP contribution in [0, 0.1) is 5.82 Å². The molecule has 0 saturated heterocycles. The Bertz CT molecular complexity index is 579. The molecule has 7 heteroatoms. The fraction of sp³-hybridized carbons (Fsp3) is 0.429. The van der Waals surface area contributed by atoms with Crippen LogP contribution in [0.4, 0.5) is 4.39 Å². The molecule has 0 fully saturated rings. The van der Waals surface area contributed by atoms with Crippen molar-refractivity contribution in [2.24, 2.45) is 0 Å². The van der Waals surface area contributed by atoms with Crippen LogP contribution in [0.15, 0.2) is 18.2 Å². The summed E-state index contributed by atoms with van der Waals surface area (Å²) in [7, 11) is 1.68. The summed E-state index contributed by atoms with van der Waals surface area (Å²) < 4.78 is 18.4. The molecule has 4 nitrogen and oxygen atoms in total.